The minimum Gasteiger partial charge on any atom is -0.494 e. The van der Waals surface area contributed by atoms with Crippen LogP contribution in [0.4, 0.5) is 10.3 Å². The fourth-order valence-electron chi connectivity index (χ4n) is 2.86. The van der Waals surface area contributed by atoms with Gasteiger partial charge in [-0.3, -0.25) is 19.7 Å². The van der Waals surface area contributed by atoms with Gasteiger partial charge in [0.15, 0.2) is 22.7 Å². The number of carbonyl (C=O) groups excluding carboxylic acids is 1. The van der Waals surface area contributed by atoms with Crippen molar-refractivity contribution in [1.29, 1.82) is 0 Å². The molecule has 0 aliphatic heterocycles. The fourth-order valence-corrected chi connectivity index (χ4v) is 4.26. The van der Waals surface area contributed by atoms with E-state index in [0.717, 1.165) is 0 Å². The van der Waals surface area contributed by atoms with Gasteiger partial charge in [-0.05, 0) is 38.5 Å². The summed E-state index contributed by atoms with van der Waals surface area (Å²) in [4.78, 5) is 31.6. The topological polar surface area (TPSA) is 156 Å². The number of methoxy groups -OCH3 is 1. The molecule has 0 saturated heterocycles. The number of nitrogens with two attached hydrogens (primary N) is 1. The molecule has 0 spiro atoms. The smallest absolute Gasteiger partial charge is 0.293 e. The van der Waals surface area contributed by atoms with Crippen LogP contribution in [0.25, 0.3) is 11.2 Å². The molecule has 3 aromatic rings. The van der Waals surface area contributed by atoms with Crippen LogP contribution < -0.4 is 21.1 Å². The van der Waals surface area contributed by atoms with Crippen molar-refractivity contribution in [3.05, 3.63) is 46.3 Å². The first-order valence-corrected chi connectivity index (χ1v) is 12.6. The Morgan fingerprint density at radius 1 is 1.36 bits per heavy atom. The van der Waals surface area contributed by atoms with Crippen molar-refractivity contribution in [2.24, 2.45) is 0 Å². The largest absolute Gasteiger partial charge is 0.494 e. The number of aromatic nitrogens is 4. The van der Waals surface area contributed by atoms with Gasteiger partial charge < -0.3 is 29.0 Å². The molecule has 1 aromatic carbocycles. The van der Waals surface area contributed by atoms with Crippen LogP contribution >= 0.6 is 8.30 Å². The van der Waals surface area contributed by atoms with Crippen LogP contribution in [0.5, 0.6) is 5.75 Å². The van der Waals surface area contributed by atoms with Crippen molar-refractivity contribution in [1.82, 2.24) is 24.6 Å². The summed E-state index contributed by atoms with van der Waals surface area (Å²) in [6.07, 6.45) is 1.87. The third kappa shape index (κ3) is 9.15. The number of hydrogen-bond acceptors (Lipinski definition) is 10. The van der Waals surface area contributed by atoms with Gasteiger partial charge in [0, 0.05) is 12.6 Å². The van der Waals surface area contributed by atoms with E-state index in [1.54, 1.807) is 23.6 Å². The molecule has 0 fully saturated rings. The minimum absolute atomic E-state index is 0.0354. The lowest BCUT2D eigenvalue weighted by atomic mass is 10.2. The van der Waals surface area contributed by atoms with Crippen molar-refractivity contribution in [3.8, 4) is 5.75 Å². The molecule has 0 radical (unpaired) electrons. The number of H-pyrrole nitrogens is 1. The fraction of sp³-hybridized carbons (Fsp3) is 0.455. The number of nitrogens with one attached hydrogen (secondary N) is 2. The highest BCUT2D eigenvalue weighted by Gasteiger charge is 2.14. The van der Waals surface area contributed by atoms with Crippen LogP contribution in [0.3, 0.4) is 0 Å². The molecule has 0 saturated carbocycles. The molecule has 0 aliphatic rings. The minimum atomic E-state index is -1.10. The normalized spacial score (nSPS) is 11.7. The standard InChI is InChI=1S/C19H26FN6O4P.C3H6O2/c1-12(2)25-31(30-9-13-4-5-15(28-3)14(20)8-13)11-29-7-6-26-10-22-16-17(26)23-19(21)24-18(16)27;1-2-5-3-4/h4-5,8,10,12,25H,6-7,9,11H2,1-3H3,(H3,21,23,24,27);3H,2H2,1H3. The van der Waals surface area contributed by atoms with E-state index in [0.29, 0.717) is 43.8 Å². The van der Waals surface area contributed by atoms with Gasteiger partial charge in [-0.15, -0.1) is 0 Å². The molecular weight excluding hydrogens is 494 g/mol. The van der Waals surface area contributed by atoms with E-state index in [1.165, 1.54) is 19.5 Å². The SMILES string of the molecule is CCOC=O.COc1ccc(COP(COCCn2cnc3c(=O)[nH]c(N)nc32)NC(C)C)cc1F. The van der Waals surface area contributed by atoms with Gasteiger partial charge >= 0.3 is 0 Å². The number of benzene rings is 1. The van der Waals surface area contributed by atoms with Crippen LogP contribution in [0, 0.1) is 5.82 Å². The molecule has 2 heterocycles. The number of hydrogen-bond donors (Lipinski definition) is 3. The zero-order chi connectivity index (χ0) is 26.5. The molecule has 2 aromatic heterocycles. The third-order valence-corrected chi connectivity index (χ3v) is 6.08. The van der Waals surface area contributed by atoms with Gasteiger partial charge in [-0.1, -0.05) is 6.07 Å². The predicted molar refractivity (Wildman–Crippen MR) is 134 cm³/mol. The molecular formula is C22H32FN6O6P. The van der Waals surface area contributed by atoms with E-state index in [9.17, 15) is 14.0 Å². The molecule has 1 atom stereocenters. The number of nitrogen functional groups attached to an aromatic ring is 1. The lowest BCUT2D eigenvalue weighted by Crippen LogP contribution is -2.21. The Morgan fingerprint density at radius 3 is 2.75 bits per heavy atom. The Labute approximate surface area is 209 Å². The number of ether oxygens (including phenoxy) is 3. The zero-order valence-corrected chi connectivity index (χ0v) is 21.6. The van der Waals surface area contributed by atoms with Crippen LogP contribution in [0.15, 0.2) is 29.3 Å². The van der Waals surface area contributed by atoms with E-state index in [1.807, 2.05) is 13.8 Å². The number of nitrogens with zero attached hydrogens (tertiary/aromatic N) is 3. The highest BCUT2D eigenvalue weighted by atomic mass is 31.2. The molecule has 0 amide bonds. The van der Waals surface area contributed by atoms with E-state index >= 15 is 0 Å². The van der Waals surface area contributed by atoms with Crippen LogP contribution in [-0.4, -0.2) is 58.7 Å². The summed E-state index contributed by atoms with van der Waals surface area (Å²) in [6, 6.07) is 4.92. The van der Waals surface area contributed by atoms with Gasteiger partial charge in [0.2, 0.25) is 5.95 Å². The Hall–Kier alpha value is -3.12. The third-order valence-electron chi connectivity index (χ3n) is 4.42. The first-order chi connectivity index (χ1) is 17.3. The Bertz CT molecular complexity index is 1160. The van der Waals surface area contributed by atoms with Gasteiger partial charge in [-0.2, -0.15) is 4.98 Å². The number of carbonyl (C=O) groups is 1. The van der Waals surface area contributed by atoms with E-state index in [4.69, 9.17) is 19.7 Å². The molecule has 0 bridgehead atoms. The predicted octanol–water partition coefficient (Wildman–Crippen LogP) is 2.53. The summed E-state index contributed by atoms with van der Waals surface area (Å²) in [5.74, 6) is -0.199. The maximum atomic E-state index is 13.9. The molecule has 12 nitrogen and oxygen atoms in total. The first-order valence-electron chi connectivity index (χ1n) is 11.1. The number of rotatable bonds is 13. The highest BCUT2D eigenvalue weighted by Crippen LogP contribution is 2.34. The molecule has 36 heavy (non-hydrogen) atoms. The lowest BCUT2D eigenvalue weighted by Gasteiger charge is -2.21. The van der Waals surface area contributed by atoms with Crippen molar-refractivity contribution >= 4 is 31.9 Å². The summed E-state index contributed by atoms with van der Waals surface area (Å²) < 4.78 is 36.4. The van der Waals surface area contributed by atoms with E-state index < -0.39 is 14.1 Å². The summed E-state index contributed by atoms with van der Waals surface area (Å²) in [5.41, 5.74) is 6.57. The molecule has 3 rings (SSSR count). The Kier molecular flexibility index (Phi) is 12.2. The van der Waals surface area contributed by atoms with Gasteiger partial charge in [0.1, 0.15) is 14.6 Å². The van der Waals surface area contributed by atoms with E-state index in [-0.39, 0.29) is 35.4 Å². The summed E-state index contributed by atoms with van der Waals surface area (Å²) in [7, 11) is 0.324. The highest BCUT2D eigenvalue weighted by molar-refractivity contribution is 7.50. The lowest BCUT2D eigenvalue weighted by molar-refractivity contribution is -0.128. The molecule has 0 aliphatic carbocycles. The van der Waals surface area contributed by atoms with E-state index in [2.05, 4.69) is 24.8 Å². The second-order valence-electron chi connectivity index (χ2n) is 7.55. The first kappa shape index (κ1) is 29.1. The van der Waals surface area contributed by atoms with Gasteiger partial charge in [0.05, 0.1) is 33.3 Å². The van der Waals surface area contributed by atoms with Crippen molar-refractivity contribution in [2.75, 3.05) is 32.4 Å². The zero-order valence-electron chi connectivity index (χ0n) is 20.7. The Morgan fingerprint density at radius 2 is 2.14 bits per heavy atom. The van der Waals surface area contributed by atoms with Crippen molar-refractivity contribution in [3.63, 3.8) is 0 Å². The average molecular weight is 527 g/mol. The van der Waals surface area contributed by atoms with Crippen LogP contribution in [0.1, 0.15) is 26.3 Å². The van der Waals surface area contributed by atoms with Crippen LogP contribution in [0.2, 0.25) is 0 Å². The monoisotopic (exact) mass is 526 g/mol. The number of aromatic amines is 1. The number of anilines is 1. The second-order valence-corrected chi connectivity index (χ2v) is 9.09. The van der Waals surface area contributed by atoms with Crippen molar-refractivity contribution < 1.29 is 27.9 Å². The summed E-state index contributed by atoms with van der Waals surface area (Å²) >= 11 is 0. The number of imidazole rings is 1. The molecule has 4 N–H and O–H groups in total. The summed E-state index contributed by atoms with van der Waals surface area (Å²) in [6.45, 7) is 7.74. The maximum Gasteiger partial charge on any atom is 0.293 e. The maximum absolute atomic E-state index is 13.9. The molecule has 1 unspecified atom stereocenters. The summed E-state index contributed by atoms with van der Waals surface area (Å²) in [5, 5.41) is 3.33. The van der Waals surface area contributed by atoms with Crippen LogP contribution in [-0.2, 0) is 31.9 Å². The van der Waals surface area contributed by atoms with Crippen molar-refractivity contribution in [2.45, 2.75) is 40.0 Å². The molecule has 198 valence electrons. The second kappa shape index (κ2) is 15.1. The number of fused-ring (bicyclic) bond motifs is 1. The van der Waals surface area contributed by atoms with Gasteiger partial charge in [0.25, 0.3) is 12.0 Å². The van der Waals surface area contributed by atoms with Gasteiger partial charge in [-0.25, -0.2) is 9.37 Å². The molecule has 14 heteroatoms. The number of halogens is 1. The quantitative estimate of drug-likeness (QED) is 0.172. The average Bonchev–Trinajstić information content (AvgIpc) is 3.24. The Balaban J connectivity index is 0.000000830.